The van der Waals surface area contributed by atoms with E-state index < -0.39 is 0 Å². The van der Waals surface area contributed by atoms with Crippen molar-refractivity contribution in [2.45, 2.75) is 38.6 Å². The molecular weight excluding hydrogens is 186 g/mol. The largest absolute Gasteiger partial charge is 0.315 e. The molecule has 1 N–H and O–H groups in total. The van der Waals surface area contributed by atoms with Gasteiger partial charge in [-0.05, 0) is 31.4 Å². The Labute approximate surface area is 91.9 Å². The third kappa shape index (κ3) is 3.67. The topological polar surface area (TPSA) is 29.9 Å². The highest BCUT2D eigenvalue weighted by atomic mass is 15.3. The molecule has 15 heavy (non-hydrogen) atoms. The molecule has 0 atom stereocenters. The molecule has 1 aliphatic rings. The summed E-state index contributed by atoms with van der Waals surface area (Å²) < 4.78 is 1.98. The molecule has 0 spiro atoms. The van der Waals surface area contributed by atoms with Gasteiger partial charge in [-0.2, -0.15) is 5.10 Å². The number of aromatic nitrogens is 2. The van der Waals surface area contributed by atoms with Crippen molar-refractivity contribution in [2.75, 3.05) is 13.1 Å². The molecule has 0 aromatic carbocycles. The maximum Gasteiger partial charge on any atom is 0.0533 e. The van der Waals surface area contributed by atoms with Crippen LogP contribution in [0.25, 0.3) is 0 Å². The fourth-order valence-electron chi connectivity index (χ4n) is 2.32. The molecule has 1 heterocycles. The van der Waals surface area contributed by atoms with Gasteiger partial charge in [0.15, 0.2) is 0 Å². The van der Waals surface area contributed by atoms with Crippen LogP contribution in [0.2, 0.25) is 0 Å². The second-order valence-electron chi connectivity index (χ2n) is 4.48. The van der Waals surface area contributed by atoms with Crippen molar-refractivity contribution in [2.24, 2.45) is 5.92 Å². The van der Waals surface area contributed by atoms with Gasteiger partial charge >= 0.3 is 0 Å². The molecule has 0 unspecified atom stereocenters. The summed E-state index contributed by atoms with van der Waals surface area (Å²) in [6.45, 7) is 3.22. The van der Waals surface area contributed by atoms with Gasteiger partial charge in [0.2, 0.25) is 0 Å². The second-order valence-corrected chi connectivity index (χ2v) is 4.48. The predicted molar refractivity (Wildman–Crippen MR) is 61.7 cm³/mol. The lowest BCUT2D eigenvalue weighted by Crippen LogP contribution is -2.27. The van der Waals surface area contributed by atoms with Crippen LogP contribution >= 0.6 is 0 Å². The van der Waals surface area contributed by atoms with Crippen molar-refractivity contribution in [3.8, 4) is 0 Å². The lowest BCUT2D eigenvalue weighted by molar-refractivity contribution is 0.339. The van der Waals surface area contributed by atoms with Crippen LogP contribution in [0.3, 0.4) is 0 Å². The maximum absolute atomic E-state index is 4.18. The highest BCUT2D eigenvalue weighted by Crippen LogP contribution is 2.22. The van der Waals surface area contributed by atoms with Crippen LogP contribution in [0.15, 0.2) is 18.5 Å². The van der Waals surface area contributed by atoms with Gasteiger partial charge in [-0.15, -0.1) is 0 Å². The van der Waals surface area contributed by atoms with Crippen LogP contribution in [0.5, 0.6) is 0 Å². The molecular formula is C12H21N3. The summed E-state index contributed by atoms with van der Waals surface area (Å²) in [5, 5.41) is 7.71. The predicted octanol–water partition coefficient (Wildman–Crippen LogP) is 2.05. The summed E-state index contributed by atoms with van der Waals surface area (Å²) in [5.74, 6) is 0.927. The first-order valence-electron chi connectivity index (χ1n) is 6.13. The minimum Gasteiger partial charge on any atom is -0.315 e. The first kappa shape index (κ1) is 10.7. The minimum absolute atomic E-state index is 0.927. The Bertz CT molecular complexity index is 250. The van der Waals surface area contributed by atoms with Crippen molar-refractivity contribution in [1.82, 2.24) is 15.1 Å². The number of nitrogens with zero attached hydrogens (tertiary/aromatic N) is 2. The first-order valence-corrected chi connectivity index (χ1v) is 6.13. The van der Waals surface area contributed by atoms with Crippen molar-refractivity contribution in [3.63, 3.8) is 0 Å². The van der Waals surface area contributed by atoms with Gasteiger partial charge in [0, 0.05) is 18.9 Å². The van der Waals surface area contributed by atoms with Gasteiger partial charge in [0.1, 0.15) is 0 Å². The van der Waals surface area contributed by atoms with E-state index in [-0.39, 0.29) is 0 Å². The molecule has 1 saturated carbocycles. The third-order valence-corrected chi connectivity index (χ3v) is 3.23. The van der Waals surface area contributed by atoms with Gasteiger partial charge in [-0.25, -0.2) is 0 Å². The SMILES string of the molecule is c1cnn(CCNCC2CCCCC2)c1. The Balaban J connectivity index is 1.54. The first-order chi connectivity index (χ1) is 7.45. The lowest BCUT2D eigenvalue weighted by atomic mass is 9.89. The zero-order chi connectivity index (χ0) is 10.3. The summed E-state index contributed by atoms with van der Waals surface area (Å²) in [6, 6.07) is 1.97. The van der Waals surface area contributed by atoms with E-state index in [1.165, 1.54) is 38.6 Å². The van der Waals surface area contributed by atoms with Gasteiger partial charge in [0.25, 0.3) is 0 Å². The van der Waals surface area contributed by atoms with Crippen molar-refractivity contribution < 1.29 is 0 Å². The summed E-state index contributed by atoms with van der Waals surface area (Å²) >= 11 is 0. The van der Waals surface area contributed by atoms with Crippen LogP contribution in [0, 0.1) is 5.92 Å². The zero-order valence-corrected chi connectivity index (χ0v) is 9.36. The van der Waals surface area contributed by atoms with Crippen LogP contribution in [0.1, 0.15) is 32.1 Å². The number of nitrogens with one attached hydrogen (secondary N) is 1. The molecule has 1 aliphatic carbocycles. The van der Waals surface area contributed by atoms with E-state index in [4.69, 9.17) is 0 Å². The average molecular weight is 207 g/mol. The van der Waals surface area contributed by atoms with Crippen LogP contribution in [0.4, 0.5) is 0 Å². The molecule has 1 fully saturated rings. The van der Waals surface area contributed by atoms with Crippen LogP contribution in [-0.2, 0) is 6.54 Å². The van der Waals surface area contributed by atoms with Crippen molar-refractivity contribution in [3.05, 3.63) is 18.5 Å². The summed E-state index contributed by atoms with van der Waals surface area (Å²) in [7, 11) is 0. The van der Waals surface area contributed by atoms with E-state index in [2.05, 4.69) is 10.4 Å². The molecule has 0 bridgehead atoms. The summed E-state index contributed by atoms with van der Waals surface area (Å²) in [4.78, 5) is 0. The Kier molecular flexibility index (Phi) is 4.21. The molecule has 0 saturated heterocycles. The molecule has 2 rings (SSSR count). The van der Waals surface area contributed by atoms with Gasteiger partial charge in [-0.3, -0.25) is 4.68 Å². The second kappa shape index (κ2) is 5.91. The third-order valence-electron chi connectivity index (χ3n) is 3.23. The highest BCUT2D eigenvalue weighted by molar-refractivity contribution is 4.77. The fraction of sp³-hybridized carbons (Fsp3) is 0.750. The lowest BCUT2D eigenvalue weighted by Gasteiger charge is -2.21. The Morgan fingerprint density at radius 2 is 2.13 bits per heavy atom. The molecule has 0 radical (unpaired) electrons. The number of hydrogen-bond acceptors (Lipinski definition) is 2. The van der Waals surface area contributed by atoms with E-state index >= 15 is 0 Å². The van der Waals surface area contributed by atoms with E-state index in [1.54, 1.807) is 0 Å². The van der Waals surface area contributed by atoms with E-state index in [0.29, 0.717) is 0 Å². The molecule has 0 aliphatic heterocycles. The Morgan fingerprint density at radius 3 is 2.87 bits per heavy atom. The fourth-order valence-corrected chi connectivity index (χ4v) is 2.32. The van der Waals surface area contributed by atoms with Crippen molar-refractivity contribution in [1.29, 1.82) is 0 Å². The molecule has 1 aromatic rings. The van der Waals surface area contributed by atoms with Gasteiger partial charge in [-0.1, -0.05) is 19.3 Å². The van der Waals surface area contributed by atoms with Crippen LogP contribution < -0.4 is 5.32 Å². The Hall–Kier alpha value is -0.830. The minimum atomic E-state index is 0.927. The maximum atomic E-state index is 4.18. The van der Waals surface area contributed by atoms with E-state index in [0.717, 1.165) is 19.0 Å². The summed E-state index contributed by atoms with van der Waals surface area (Å²) in [6.07, 6.45) is 11.0. The average Bonchev–Trinajstić information content (AvgIpc) is 2.79. The number of hydrogen-bond donors (Lipinski definition) is 1. The molecule has 3 heteroatoms. The van der Waals surface area contributed by atoms with E-state index in [1.807, 2.05) is 23.1 Å². The molecule has 0 amide bonds. The summed E-state index contributed by atoms with van der Waals surface area (Å²) in [5.41, 5.74) is 0. The molecule has 3 nitrogen and oxygen atoms in total. The molecule has 1 aromatic heterocycles. The normalized spacial score (nSPS) is 18.1. The van der Waals surface area contributed by atoms with E-state index in [9.17, 15) is 0 Å². The van der Waals surface area contributed by atoms with Gasteiger partial charge in [0.05, 0.1) is 6.54 Å². The van der Waals surface area contributed by atoms with Crippen LogP contribution in [-0.4, -0.2) is 22.9 Å². The zero-order valence-electron chi connectivity index (χ0n) is 9.36. The van der Waals surface area contributed by atoms with Gasteiger partial charge < -0.3 is 5.32 Å². The monoisotopic (exact) mass is 207 g/mol. The molecule has 84 valence electrons. The number of rotatable bonds is 5. The van der Waals surface area contributed by atoms with Crippen molar-refractivity contribution >= 4 is 0 Å². The Morgan fingerprint density at radius 1 is 1.27 bits per heavy atom. The quantitative estimate of drug-likeness (QED) is 0.749. The highest BCUT2D eigenvalue weighted by Gasteiger charge is 2.12. The smallest absolute Gasteiger partial charge is 0.0533 e. The standard InChI is InChI=1S/C12H21N3/c1-2-5-12(6-3-1)11-13-8-10-15-9-4-7-14-15/h4,7,9,12-13H,1-3,5-6,8,10-11H2.